The Kier molecular flexibility index (Phi) is 6.98. The smallest absolute Gasteiger partial charge is 0.242 e. The van der Waals surface area contributed by atoms with Crippen molar-refractivity contribution in [3.8, 4) is 0 Å². The van der Waals surface area contributed by atoms with E-state index in [1.54, 1.807) is 18.2 Å². The molecule has 0 aliphatic rings. The Hall–Kier alpha value is -1.11. The van der Waals surface area contributed by atoms with Gasteiger partial charge in [-0.3, -0.25) is 0 Å². The maximum Gasteiger partial charge on any atom is 0.242 e. The van der Waals surface area contributed by atoms with Crippen LogP contribution in [0.3, 0.4) is 0 Å². The second-order valence-corrected chi connectivity index (χ2v) is 6.46. The van der Waals surface area contributed by atoms with Crippen molar-refractivity contribution in [1.29, 1.82) is 0 Å². The van der Waals surface area contributed by atoms with Gasteiger partial charge in [0, 0.05) is 12.6 Å². The van der Waals surface area contributed by atoms with Gasteiger partial charge in [-0.05, 0) is 37.9 Å². The fourth-order valence-electron chi connectivity index (χ4n) is 1.93. The Morgan fingerprint density at radius 2 is 1.95 bits per heavy atom. The molecule has 0 amide bonds. The summed E-state index contributed by atoms with van der Waals surface area (Å²) in [6.07, 6.45) is 2.47. The zero-order chi connectivity index (χ0) is 15.0. The molecule has 0 aliphatic heterocycles. The van der Waals surface area contributed by atoms with Crippen molar-refractivity contribution in [2.45, 2.75) is 44.0 Å². The molecule has 1 rings (SSSR count). The van der Waals surface area contributed by atoms with Crippen LogP contribution in [-0.2, 0) is 10.0 Å². The van der Waals surface area contributed by atoms with Crippen LogP contribution in [-0.4, -0.2) is 27.5 Å². The average Bonchev–Trinajstić information content (AvgIpc) is 2.45. The van der Waals surface area contributed by atoms with E-state index in [1.165, 1.54) is 0 Å². The van der Waals surface area contributed by atoms with Crippen LogP contribution in [0.4, 0.5) is 5.69 Å². The van der Waals surface area contributed by atoms with Crippen molar-refractivity contribution in [2.24, 2.45) is 5.73 Å². The van der Waals surface area contributed by atoms with Gasteiger partial charge < -0.3 is 11.1 Å². The molecule has 5 nitrogen and oxygen atoms in total. The number of sulfonamides is 1. The van der Waals surface area contributed by atoms with E-state index in [4.69, 9.17) is 5.73 Å². The maximum absolute atomic E-state index is 12.3. The molecule has 0 saturated carbocycles. The van der Waals surface area contributed by atoms with Crippen molar-refractivity contribution in [1.82, 2.24) is 4.72 Å². The second-order valence-electron chi connectivity index (χ2n) is 4.72. The van der Waals surface area contributed by atoms with Gasteiger partial charge >= 0.3 is 0 Å². The second kappa shape index (κ2) is 8.24. The lowest BCUT2D eigenvalue weighted by molar-refractivity contribution is 0.580. The molecule has 1 unspecified atom stereocenters. The highest BCUT2D eigenvalue weighted by atomic mass is 32.2. The third-order valence-electron chi connectivity index (χ3n) is 3.09. The summed E-state index contributed by atoms with van der Waals surface area (Å²) < 4.78 is 27.1. The quantitative estimate of drug-likeness (QED) is 0.650. The number of nitrogens with one attached hydrogen (secondary N) is 2. The Labute approximate surface area is 122 Å². The van der Waals surface area contributed by atoms with E-state index in [1.807, 2.05) is 13.0 Å². The van der Waals surface area contributed by atoms with E-state index >= 15 is 0 Å². The van der Waals surface area contributed by atoms with Gasteiger partial charge in [0.25, 0.3) is 0 Å². The van der Waals surface area contributed by atoms with Gasteiger partial charge in [-0.25, -0.2) is 13.1 Å². The van der Waals surface area contributed by atoms with Crippen molar-refractivity contribution < 1.29 is 8.42 Å². The molecule has 0 radical (unpaired) electrons. The molecule has 0 aliphatic carbocycles. The molecule has 4 N–H and O–H groups in total. The number of hydrogen-bond acceptors (Lipinski definition) is 4. The zero-order valence-electron chi connectivity index (χ0n) is 12.2. The summed E-state index contributed by atoms with van der Waals surface area (Å²) in [5, 5.41) is 3.28. The highest BCUT2D eigenvalue weighted by Gasteiger charge is 2.18. The molecule has 1 atom stereocenters. The molecular formula is C14H25N3O2S. The molecule has 1 aromatic rings. The van der Waals surface area contributed by atoms with Crippen LogP contribution in [0.1, 0.15) is 33.1 Å². The minimum atomic E-state index is -3.47. The topological polar surface area (TPSA) is 84.2 Å². The van der Waals surface area contributed by atoms with Gasteiger partial charge in [-0.15, -0.1) is 0 Å². The first-order valence-electron chi connectivity index (χ1n) is 7.10. The Bertz CT molecular complexity index is 503. The highest BCUT2D eigenvalue weighted by molar-refractivity contribution is 7.89. The lowest BCUT2D eigenvalue weighted by Crippen LogP contribution is -2.27. The van der Waals surface area contributed by atoms with Gasteiger partial charge in [0.2, 0.25) is 10.0 Å². The molecule has 0 heterocycles. The first-order valence-corrected chi connectivity index (χ1v) is 8.58. The largest absolute Gasteiger partial charge is 0.381 e. The predicted octanol–water partition coefficient (Wildman–Crippen LogP) is 1.91. The van der Waals surface area contributed by atoms with Gasteiger partial charge in [0.15, 0.2) is 0 Å². The molecule has 1 aromatic carbocycles. The normalized spacial score (nSPS) is 13.2. The van der Waals surface area contributed by atoms with E-state index in [-0.39, 0.29) is 6.04 Å². The Morgan fingerprint density at radius 1 is 1.25 bits per heavy atom. The maximum atomic E-state index is 12.3. The Morgan fingerprint density at radius 3 is 2.55 bits per heavy atom. The fourth-order valence-corrected chi connectivity index (χ4v) is 3.24. The Balaban J connectivity index is 2.98. The van der Waals surface area contributed by atoms with Crippen molar-refractivity contribution in [2.75, 3.05) is 18.4 Å². The highest BCUT2D eigenvalue weighted by Crippen LogP contribution is 2.22. The summed E-state index contributed by atoms with van der Waals surface area (Å²) in [7, 11) is -3.47. The number of nitrogens with two attached hydrogens (primary N) is 1. The number of hydrogen-bond donors (Lipinski definition) is 3. The standard InChI is InChI=1S/C14H25N3O2S/c1-3-11-16-20(18,19)14-8-6-5-7-13(14)17-12(4-2)9-10-15/h5-8,12,16-17H,3-4,9-11,15H2,1-2H3. The van der Waals surface area contributed by atoms with Gasteiger partial charge in [-0.1, -0.05) is 26.0 Å². The van der Waals surface area contributed by atoms with Gasteiger partial charge in [-0.2, -0.15) is 0 Å². The van der Waals surface area contributed by atoms with E-state index in [0.29, 0.717) is 23.7 Å². The molecule has 0 fully saturated rings. The molecule has 0 aromatic heterocycles. The minimum absolute atomic E-state index is 0.183. The number of anilines is 1. The van der Waals surface area contributed by atoms with Gasteiger partial charge in [0.05, 0.1) is 5.69 Å². The minimum Gasteiger partial charge on any atom is -0.381 e. The zero-order valence-corrected chi connectivity index (χ0v) is 13.0. The van der Waals surface area contributed by atoms with Crippen molar-refractivity contribution in [3.63, 3.8) is 0 Å². The van der Waals surface area contributed by atoms with Crippen molar-refractivity contribution >= 4 is 15.7 Å². The van der Waals surface area contributed by atoms with Crippen molar-refractivity contribution in [3.05, 3.63) is 24.3 Å². The van der Waals surface area contributed by atoms with E-state index in [0.717, 1.165) is 19.3 Å². The SMILES string of the molecule is CCCNS(=O)(=O)c1ccccc1NC(CC)CCN. The molecule has 0 spiro atoms. The molecule has 114 valence electrons. The summed E-state index contributed by atoms with van der Waals surface area (Å²) in [5.74, 6) is 0. The third kappa shape index (κ3) is 4.77. The molecule has 0 bridgehead atoms. The van der Waals surface area contributed by atoms with Gasteiger partial charge in [0.1, 0.15) is 4.90 Å². The number of rotatable bonds is 9. The van der Waals surface area contributed by atoms with Crippen LogP contribution in [0.25, 0.3) is 0 Å². The third-order valence-corrected chi connectivity index (χ3v) is 4.61. The van der Waals surface area contributed by atoms with Crippen LogP contribution in [0.2, 0.25) is 0 Å². The molecule has 6 heteroatoms. The van der Waals surface area contributed by atoms with Crippen LogP contribution in [0, 0.1) is 0 Å². The summed E-state index contributed by atoms with van der Waals surface area (Å²) in [4.78, 5) is 0.295. The summed E-state index contributed by atoms with van der Waals surface area (Å²) in [6.45, 7) is 5.01. The lowest BCUT2D eigenvalue weighted by atomic mass is 10.1. The lowest BCUT2D eigenvalue weighted by Gasteiger charge is -2.20. The monoisotopic (exact) mass is 299 g/mol. The van der Waals surface area contributed by atoms with E-state index in [9.17, 15) is 8.42 Å². The van der Waals surface area contributed by atoms with E-state index in [2.05, 4.69) is 17.0 Å². The summed E-state index contributed by atoms with van der Waals surface area (Å²) in [6, 6.07) is 7.16. The first kappa shape index (κ1) is 16.9. The van der Waals surface area contributed by atoms with Crippen LogP contribution in [0.15, 0.2) is 29.2 Å². The number of benzene rings is 1. The van der Waals surface area contributed by atoms with Crippen LogP contribution >= 0.6 is 0 Å². The summed E-state index contributed by atoms with van der Waals surface area (Å²) >= 11 is 0. The number of para-hydroxylation sites is 1. The van der Waals surface area contributed by atoms with E-state index < -0.39 is 10.0 Å². The predicted molar refractivity (Wildman–Crippen MR) is 83.3 cm³/mol. The molecule has 0 saturated heterocycles. The fraction of sp³-hybridized carbons (Fsp3) is 0.571. The molecular weight excluding hydrogens is 274 g/mol. The van der Waals surface area contributed by atoms with Crippen LogP contribution in [0.5, 0.6) is 0 Å². The summed E-state index contributed by atoms with van der Waals surface area (Å²) in [5.41, 5.74) is 6.21. The first-order chi connectivity index (χ1) is 9.55. The van der Waals surface area contributed by atoms with Crippen LogP contribution < -0.4 is 15.8 Å². The average molecular weight is 299 g/mol. The molecule has 20 heavy (non-hydrogen) atoms.